The lowest BCUT2D eigenvalue weighted by atomic mass is 10.1. The molecule has 1 heterocycles. The van der Waals surface area contributed by atoms with E-state index in [1.54, 1.807) is 12.5 Å². The lowest BCUT2D eigenvalue weighted by Gasteiger charge is -2.12. The van der Waals surface area contributed by atoms with E-state index in [0.717, 1.165) is 30.0 Å². The van der Waals surface area contributed by atoms with Gasteiger partial charge in [-0.15, -0.1) is 0 Å². The SMILES string of the molecule is O=C(O)CC1(CSCc2ccc(-n3ccnc3)cc2)CC1. The van der Waals surface area contributed by atoms with Gasteiger partial charge in [0.25, 0.3) is 0 Å². The molecule has 4 nitrogen and oxygen atoms in total. The van der Waals surface area contributed by atoms with Gasteiger partial charge < -0.3 is 9.67 Å². The van der Waals surface area contributed by atoms with Crippen LogP contribution in [0.5, 0.6) is 0 Å². The highest BCUT2D eigenvalue weighted by atomic mass is 32.2. The minimum Gasteiger partial charge on any atom is -0.481 e. The first-order chi connectivity index (χ1) is 10.2. The van der Waals surface area contributed by atoms with E-state index in [-0.39, 0.29) is 5.41 Å². The fourth-order valence-corrected chi connectivity index (χ4v) is 3.79. The molecule has 0 radical (unpaired) electrons. The van der Waals surface area contributed by atoms with Crippen molar-refractivity contribution in [2.75, 3.05) is 5.75 Å². The van der Waals surface area contributed by atoms with Crippen LogP contribution in [-0.4, -0.2) is 26.4 Å². The lowest BCUT2D eigenvalue weighted by molar-refractivity contribution is -0.138. The summed E-state index contributed by atoms with van der Waals surface area (Å²) >= 11 is 1.84. The van der Waals surface area contributed by atoms with E-state index >= 15 is 0 Å². The van der Waals surface area contributed by atoms with Gasteiger partial charge in [-0.25, -0.2) is 4.98 Å². The third-order valence-corrected chi connectivity index (χ3v) is 5.25. The molecule has 1 fully saturated rings. The van der Waals surface area contributed by atoms with Crippen molar-refractivity contribution in [2.24, 2.45) is 5.41 Å². The monoisotopic (exact) mass is 302 g/mol. The Kier molecular flexibility index (Phi) is 4.01. The number of carbonyl (C=O) groups is 1. The number of carboxylic acid groups (broad SMARTS) is 1. The lowest BCUT2D eigenvalue weighted by Crippen LogP contribution is -2.11. The number of nitrogens with zero attached hydrogens (tertiary/aromatic N) is 2. The fourth-order valence-electron chi connectivity index (χ4n) is 2.43. The van der Waals surface area contributed by atoms with E-state index in [4.69, 9.17) is 5.11 Å². The van der Waals surface area contributed by atoms with Crippen LogP contribution in [0.15, 0.2) is 43.0 Å². The van der Waals surface area contributed by atoms with E-state index in [1.165, 1.54) is 5.56 Å². The third kappa shape index (κ3) is 3.67. The topological polar surface area (TPSA) is 55.1 Å². The van der Waals surface area contributed by atoms with E-state index < -0.39 is 5.97 Å². The van der Waals surface area contributed by atoms with Crippen LogP contribution in [0.1, 0.15) is 24.8 Å². The first kappa shape index (κ1) is 14.2. The van der Waals surface area contributed by atoms with Gasteiger partial charge in [0.1, 0.15) is 0 Å². The number of carboxylic acids is 1. The Morgan fingerprint density at radius 1 is 1.33 bits per heavy atom. The molecule has 1 N–H and O–H groups in total. The largest absolute Gasteiger partial charge is 0.481 e. The molecule has 1 saturated carbocycles. The number of rotatable bonds is 7. The zero-order valence-corrected chi connectivity index (χ0v) is 12.6. The average molecular weight is 302 g/mol. The van der Waals surface area contributed by atoms with Crippen molar-refractivity contribution >= 4 is 17.7 Å². The number of benzene rings is 1. The number of hydrogen-bond donors (Lipinski definition) is 1. The Morgan fingerprint density at radius 2 is 2.10 bits per heavy atom. The van der Waals surface area contributed by atoms with Crippen LogP contribution in [-0.2, 0) is 10.5 Å². The van der Waals surface area contributed by atoms with Crippen molar-refractivity contribution in [3.05, 3.63) is 48.5 Å². The second-order valence-electron chi connectivity index (χ2n) is 5.70. The standard InChI is InChI=1S/C16H18N2O2S/c19-15(20)9-16(5-6-16)11-21-10-13-1-3-14(4-2-13)18-8-7-17-12-18/h1-4,7-8,12H,5-6,9-11H2,(H,19,20). The molecule has 110 valence electrons. The Balaban J connectivity index is 1.51. The molecular formula is C16H18N2O2S. The van der Waals surface area contributed by atoms with Crippen molar-refractivity contribution in [2.45, 2.75) is 25.0 Å². The van der Waals surface area contributed by atoms with Crippen molar-refractivity contribution in [1.82, 2.24) is 9.55 Å². The maximum atomic E-state index is 10.8. The van der Waals surface area contributed by atoms with Crippen LogP contribution in [0.3, 0.4) is 0 Å². The van der Waals surface area contributed by atoms with Gasteiger partial charge in [-0.3, -0.25) is 4.79 Å². The molecule has 0 bridgehead atoms. The molecular weight excluding hydrogens is 284 g/mol. The molecule has 2 aromatic rings. The summed E-state index contributed by atoms with van der Waals surface area (Å²) in [6.45, 7) is 0. The van der Waals surface area contributed by atoms with Gasteiger partial charge in [-0.05, 0) is 41.7 Å². The highest BCUT2D eigenvalue weighted by Crippen LogP contribution is 2.51. The number of aromatic nitrogens is 2. The van der Waals surface area contributed by atoms with Crippen LogP contribution in [0.25, 0.3) is 5.69 Å². The van der Waals surface area contributed by atoms with Gasteiger partial charge in [0, 0.05) is 23.8 Å². The van der Waals surface area contributed by atoms with Crippen molar-refractivity contribution in [3.63, 3.8) is 0 Å². The first-order valence-electron chi connectivity index (χ1n) is 7.04. The van der Waals surface area contributed by atoms with Gasteiger partial charge in [-0.2, -0.15) is 11.8 Å². The van der Waals surface area contributed by atoms with Crippen LogP contribution in [0.4, 0.5) is 0 Å². The summed E-state index contributed by atoms with van der Waals surface area (Å²) in [5, 5.41) is 8.91. The van der Waals surface area contributed by atoms with E-state index in [0.29, 0.717) is 6.42 Å². The predicted molar refractivity (Wildman–Crippen MR) is 83.6 cm³/mol. The highest BCUT2D eigenvalue weighted by Gasteiger charge is 2.43. The van der Waals surface area contributed by atoms with Crippen molar-refractivity contribution < 1.29 is 9.90 Å². The molecule has 0 saturated heterocycles. The normalized spacial score (nSPS) is 15.8. The number of thioether (sulfide) groups is 1. The summed E-state index contributed by atoms with van der Waals surface area (Å²) < 4.78 is 1.98. The van der Waals surface area contributed by atoms with Crippen LogP contribution >= 0.6 is 11.8 Å². The van der Waals surface area contributed by atoms with E-state index in [1.807, 2.05) is 22.5 Å². The van der Waals surface area contributed by atoms with Gasteiger partial charge >= 0.3 is 5.97 Å². The summed E-state index contributed by atoms with van der Waals surface area (Å²) in [5.41, 5.74) is 2.45. The maximum absolute atomic E-state index is 10.8. The summed E-state index contributed by atoms with van der Waals surface area (Å²) in [6.07, 6.45) is 7.91. The summed E-state index contributed by atoms with van der Waals surface area (Å²) in [5.74, 6) is 1.21. The molecule has 0 amide bonds. The van der Waals surface area contributed by atoms with Crippen LogP contribution in [0, 0.1) is 5.41 Å². The van der Waals surface area contributed by atoms with E-state index in [2.05, 4.69) is 29.2 Å². The zero-order chi connectivity index (χ0) is 14.7. The van der Waals surface area contributed by atoms with Crippen LogP contribution in [0.2, 0.25) is 0 Å². The molecule has 21 heavy (non-hydrogen) atoms. The highest BCUT2D eigenvalue weighted by molar-refractivity contribution is 7.98. The smallest absolute Gasteiger partial charge is 0.303 e. The van der Waals surface area contributed by atoms with Gasteiger partial charge in [0.15, 0.2) is 0 Å². The molecule has 0 aliphatic heterocycles. The zero-order valence-electron chi connectivity index (χ0n) is 11.7. The average Bonchev–Trinajstić information content (AvgIpc) is 3.01. The van der Waals surface area contributed by atoms with Gasteiger partial charge in [0.2, 0.25) is 0 Å². The minimum atomic E-state index is -0.669. The molecule has 1 aromatic heterocycles. The van der Waals surface area contributed by atoms with E-state index in [9.17, 15) is 4.79 Å². The number of hydrogen-bond acceptors (Lipinski definition) is 3. The molecule has 0 atom stereocenters. The second-order valence-corrected chi connectivity index (χ2v) is 6.69. The molecule has 1 aliphatic rings. The fraction of sp³-hybridized carbons (Fsp3) is 0.375. The Bertz CT molecular complexity index is 604. The Labute approximate surface area is 128 Å². The number of aliphatic carboxylic acids is 1. The summed E-state index contributed by atoms with van der Waals surface area (Å²) in [4.78, 5) is 14.9. The first-order valence-corrected chi connectivity index (χ1v) is 8.19. The van der Waals surface area contributed by atoms with Crippen molar-refractivity contribution in [1.29, 1.82) is 0 Å². The molecule has 1 aliphatic carbocycles. The third-order valence-electron chi connectivity index (χ3n) is 3.90. The van der Waals surface area contributed by atoms with Crippen LogP contribution < -0.4 is 0 Å². The maximum Gasteiger partial charge on any atom is 0.303 e. The molecule has 0 spiro atoms. The summed E-state index contributed by atoms with van der Waals surface area (Å²) in [7, 11) is 0. The van der Waals surface area contributed by atoms with Gasteiger partial charge in [-0.1, -0.05) is 12.1 Å². The predicted octanol–water partition coefficient (Wildman–Crippen LogP) is 3.36. The molecule has 0 unspecified atom stereocenters. The quantitative estimate of drug-likeness (QED) is 0.852. The second kappa shape index (κ2) is 5.93. The Morgan fingerprint density at radius 3 is 2.67 bits per heavy atom. The molecule has 3 rings (SSSR count). The minimum absolute atomic E-state index is 0.0766. The summed E-state index contributed by atoms with van der Waals surface area (Å²) in [6, 6.07) is 8.42. The van der Waals surface area contributed by atoms with Crippen molar-refractivity contribution in [3.8, 4) is 5.69 Å². The Hall–Kier alpha value is -1.75. The number of imidazole rings is 1. The molecule has 5 heteroatoms. The van der Waals surface area contributed by atoms with Gasteiger partial charge in [0.05, 0.1) is 12.7 Å². The molecule has 1 aromatic carbocycles.